The average molecular weight is 467 g/mol. The summed E-state index contributed by atoms with van der Waals surface area (Å²) >= 11 is 5.77. The molecule has 0 saturated carbocycles. The van der Waals surface area contributed by atoms with Crippen molar-refractivity contribution in [2.45, 2.75) is 24.2 Å². The van der Waals surface area contributed by atoms with Crippen molar-refractivity contribution < 1.29 is 27.5 Å². The van der Waals surface area contributed by atoms with E-state index in [-0.39, 0.29) is 11.5 Å². The summed E-state index contributed by atoms with van der Waals surface area (Å²) in [6.45, 7) is 0.205. The molecular formula is C21H23ClN2O6S. The number of sulfonamides is 1. The number of anilines is 1. The normalized spacial score (nSPS) is 14.6. The highest BCUT2D eigenvalue weighted by Gasteiger charge is 2.25. The molecule has 2 aromatic rings. The third kappa shape index (κ3) is 6.68. The van der Waals surface area contributed by atoms with Crippen LogP contribution in [-0.2, 0) is 24.3 Å². The molecule has 10 heteroatoms. The predicted molar refractivity (Wildman–Crippen MR) is 116 cm³/mol. The second-order valence-electron chi connectivity index (χ2n) is 6.94. The molecule has 0 bridgehead atoms. The van der Waals surface area contributed by atoms with E-state index in [1.165, 1.54) is 28.6 Å². The molecule has 1 aliphatic rings. The lowest BCUT2D eigenvalue weighted by molar-refractivity contribution is -0.149. The van der Waals surface area contributed by atoms with Crippen LogP contribution in [-0.4, -0.2) is 50.9 Å². The third-order valence-corrected chi connectivity index (χ3v) is 6.79. The van der Waals surface area contributed by atoms with E-state index in [9.17, 15) is 18.0 Å². The molecule has 0 spiro atoms. The van der Waals surface area contributed by atoms with Crippen molar-refractivity contribution in [1.29, 1.82) is 0 Å². The number of esters is 1. The Balaban J connectivity index is 1.44. The topological polar surface area (TPSA) is 102 Å². The Hall–Kier alpha value is -2.62. The van der Waals surface area contributed by atoms with Crippen molar-refractivity contribution in [1.82, 2.24) is 4.31 Å². The summed E-state index contributed by atoms with van der Waals surface area (Å²) in [4.78, 5) is 23.9. The van der Waals surface area contributed by atoms with Gasteiger partial charge in [-0.25, -0.2) is 13.2 Å². The van der Waals surface area contributed by atoms with E-state index in [0.29, 0.717) is 29.5 Å². The summed E-state index contributed by atoms with van der Waals surface area (Å²) < 4.78 is 36.9. The van der Waals surface area contributed by atoms with E-state index < -0.39 is 28.5 Å². The van der Waals surface area contributed by atoms with E-state index in [1.807, 2.05) is 0 Å². The maximum absolute atomic E-state index is 12.6. The molecule has 1 amide bonds. The summed E-state index contributed by atoms with van der Waals surface area (Å²) in [6.07, 6.45) is 2.75. The lowest BCUT2D eigenvalue weighted by Gasteiger charge is -2.25. The van der Waals surface area contributed by atoms with Gasteiger partial charge in [0.25, 0.3) is 5.91 Å². The van der Waals surface area contributed by atoms with E-state index >= 15 is 0 Å². The number of benzene rings is 2. The van der Waals surface area contributed by atoms with Gasteiger partial charge in [-0.15, -0.1) is 0 Å². The number of nitrogens with zero attached hydrogens (tertiary/aromatic N) is 1. The minimum Gasteiger partial charge on any atom is -0.482 e. The average Bonchev–Trinajstić information content (AvgIpc) is 2.78. The summed E-state index contributed by atoms with van der Waals surface area (Å²) in [7, 11) is -3.53. The first-order valence-electron chi connectivity index (χ1n) is 9.79. The molecule has 31 heavy (non-hydrogen) atoms. The molecule has 1 N–H and O–H groups in total. The van der Waals surface area contributed by atoms with Crippen LogP contribution < -0.4 is 10.1 Å². The van der Waals surface area contributed by atoms with Crippen LogP contribution in [0, 0.1) is 0 Å². The molecule has 0 radical (unpaired) electrons. The van der Waals surface area contributed by atoms with Gasteiger partial charge in [0.15, 0.2) is 13.2 Å². The number of halogens is 1. The zero-order valence-corrected chi connectivity index (χ0v) is 18.3. The fraction of sp³-hybridized carbons (Fsp3) is 0.333. The minimum atomic E-state index is -3.53. The van der Waals surface area contributed by atoms with Crippen molar-refractivity contribution in [2.75, 3.05) is 31.6 Å². The first-order chi connectivity index (χ1) is 14.8. The van der Waals surface area contributed by atoms with E-state index in [2.05, 4.69) is 5.32 Å². The van der Waals surface area contributed by atoms with Crippen LogP contribution in [0.3, 0.4) is 0 Å². The molecule has 0 unspecified atom stereocenters. The molecule has 3 rings (SSSR count). The maximum atomic E-state index is 12.6. The molecule has 0 atom stereocenters. The van der Waals surface area contributed by atoms with Crippen LogP contribution in [0.5, 0.6) is 5.75 Å². The number of hydrogen-bond donors (Lipinski definition) is 1. The largest absolute Gasteiger partial charge is 0.482 e. The second kappa shape index (κ2) is 10.6. The number of hydrogen-bond acceptors (Lipinski definition) is 6. The van der Waals surface area contributed by atoms with E-state index in [4.69, 9.17) is 21.1 Å². The number of rotatable bonds is 8. The quantitative estimate of drug-likeness (QED) is 0.600. The minimum absolute atomic E-state index is 0.179. The molecule has 2 aromatic carbocycles. The zero-order valence-electron chi connectivity index (χ0n) is 16.8. The first kappa shape index (κ1) is 23.1. The fourth-order valence-electron chi connectivity index (χ4n) is 3.02. The summed E-state index contributed by atoms with van der Waals surface area (Å²) in [5.74, 6) is -0.801. The van der Waals surface area contributed by atoms with Crippen LogP contribution >= 0.6 is 11.6 Å². The Bertz CT molecular complexity index is 1000. The smallest absolute Gasteiger partial charge is 0.344 e. The van der Waals surface area contributed by atoms with Crippen LogP contribution in [0.1, 0.15) is 19.3 Å². The van der Waals surface area contributed by atoms with Crippen LogP contribution in [0.4, 0.5) is 5.69 Å². The molecule has 1 aliphatic heterocycles. The Kier molecular flexibility index (Phi) is 7.89. The number of ether oxygens (including phenoxy) is 2. The van der Waals surface area contributed by atoms with E-state index in [0.717, 1.165) is 19.3 Å². The first-order valence-corrected chi connectivity index (χ1v) is 11.6. The third-order valence-electron chi connectivity index (χ3n) is 4.63. The molecule has 1 heterocycles. The molecule has 0 aromatic heterocycles. The number of piperidine rings is 1. The number of carbonyl (C=O) groups excluding carboxylic acids is 2. The van der Waals surface area contributed by atoms with Gasteiger partial charge in [-0.3, -0.25) is 4.79 Å². The fourth-order valence-corrected chi connectivity index (χ4v) is 4.67. The van der Waals surface area contributed by atoms with Gasteiger partial charge < -0.3 is 14.8 Å². The number of nitrogens with one attached hydrogen (secondary N) is 1. The highest BCUT2D eigenvalue weighted by Crippen LogP contribution is 2.22. The highest BCUT2D eigenvalue weighted by atomic mass is 35.5. The van der Waals surface area contributed by atoms with Gasteiger partial charge in [0.2, 0.25) is 10.0 Å². The maximum Gasteiger partial charge on any atom is 0.344 e. The van der Waals surface area contributed by atoms with Crippen molar-refractivity contribution in [3.63, 3.8) is 0 Å². The summed E-state index contributed by atoms with van der Waals surface area (Å²) in [5.41, 5.74) is 0.399. The zero-order chi connectivity index (χ0) is 22.3. The second-order valence-corrected chi connectivity index (χ2v) is 9.31. The number of amides is 1. The Labute approximate surface area is 186 Å². The molecule has 1 saturated heterocycles. The van der Waals surface area contributed by atoms with Crippen LogP contribution in [0.25, 0.3) is 0 Å². The lowest BCUT2D eigenvalue weighted by Crippen LogP contribution is -2.35. The van der Waals surface area contributed by atoms with Gasteiger partial charge in [0, 0.05) is 23.8 Å². The van der Waals surface area contributed by atoms with Crippen molar-refractivity contribution in [3.05, 3.63) is 53.6 Å². The van der Waals surface area contributed by atoms with Gasteiger partial charge in [0.05, 0.1) is 4.90 Å². The molecule has 0 aliphatic carbocycles. The van der Waals surface area contributed by atoms with Crippen molar-refractivity contribution in [3.8, 4) is 5.75 Å². The van der Waals surface area contributed by atoms with E-state index in [1.54, 1.807) is 24.3 Å². The van der Waals surface area contributed by atoms with Crippen LogP contribution in [0.15, 0.2) is 53.4 Å². The van der Waals surface area contributed by atoms with Gasteiger partial charge in [-0.2, -0.15) is 4.31 Å². The molecule has 8 nitrogen and oxygen atoms in total. The van der Waals surface area contributed by atoms with Gasteiger partial charge in [-0.1, -0.05) is 18.0 Å². The number of carbonyl (C=O) groups is 2. The predicted octanol–water partition coefficient (Wildman–Crippen LogP) is 3.08. The molecular weight excluding hydrogens is 444 g/mol. The highest BCUT2D eigenvalue weighted by molar-refractivity contribution is 7.89. The molecule has 1 fully saturated rings. The summed E-state index contributed by atoms with van der Waals surface area (Å²) in [5, 5.41) is 3.10. The Morgan fingerprint density at radius 1 is 0.935 bits per heavy atom. The van der Waals surface area contributed by atoms with Gasteiger partial charge >= 0.3 is 5.97 Å². The SMILES string of the molecule is O=C(COC(=O)COc1ccc(Cl)cc1)Nc1ccc(S(=O)(=O)N2CCCCC2)cc1. The Morgan fingerprint density at radius 3 is 2.23 bits per heavy atom. The Morgan fingerprint density at radius 2 is 1.58 bits per heavy atom. The van der Waals surface area contributed by atoms with Crippen molar-refractivity contribution in [2.24, 2.45) is 0 Å². The molecule has 166 valence electrons. The van der Waals surface area contributed by atoms with Gasteiger partial charge in [-0.05, 0) is 61.4 Å². The standard InChI is InChI=1S/C21H23ClN2O6S/c22-16-4-8-18(9-5-16)29-15-21(26)30-14-20(25)23-17-6-10-19(11-7-17)31(27,28)24-12-2-1-3-13-24/h4-11H,1-3,12-15H2,(H,23,25). The van der Waals surface area contributed by atoms with Crippen molar-refractivity contribution >= 4 is 39.2 Å². The van der Waals surface area contributed by atoms with Gasteiger partial charge in [0.1, 0.15) is 5.75 Å². The van der Waals surface area contributed by atoms with Crippen LogP contribution in [0.2, 0.25) is 5.02 Å². The monoisotopic (exact) mass is 466 g/mol. The lowest BCUT2D eigenvalue weighted by atomic mass is 10.2. The summed E-state index contributed by atoms with van der Waals surface area (Å²) in [6, 6.07) is 12.4.